The molecule has 0 aromatic heterocycles. The smallest absolute Gasteiger partial charge is 0.407 e. The molecular formula is C63H85NO19. The standard InChI is InChI=1S/C63H85NO19/c1-37-22-16-14-12-10-8-6-7-9-11-13-15-17-23-44(82-61-59(74)56(58(73)40(4)81-61)64-62(77)79-36-49-47-26-20-18-24-45(47)46-25-19-21-27-48(46)49)33-53-55(60(75)76)52(70)35-63(78-5,83-53)34-43(67)31-51(69)50(68)29-28-41(65)30-42(66)32-54(71)80-39(3)38(2)57(37)72/h6-27,37-44,49-53,55-59,61,65-70,72-74H,28-36H2,1-5H3,(H,64,77)(H,75,76)/b7-6+,10-8+,11-9+,14-12+,15-13+,22-16+,23-17+. The second-order valence-corrected chi connectivity index (χ2v) is 22.2. The fourth-order valence-electron chi connectivity index (χ4n) is 11.1. The van der Waals surface area contributed by atoms with E-state index in [1.807, 2.05) is 73.7 Å². The molecule has 0 radical (unpaired) electrons. The van der Waals surface area contributed by atoms with E-state index < -0.39 is 153 Å². The number of nitrogens with one attached hydrogen (secondary N) is 1. The fourth-order valence-corrected chi connectivity index (χ4v) is 11.1. The van der Waals surface area contributed by atoms with Gasteiger partial charge in [-0.1, -0.05) is 147 Å². The van der Waals surface area contributed by atoms with E-state index in [1.54, 1.807) is 74.6 Å². The number of ether oxygens (including phenoxy) is 6. The van der Waals surface area contributed by atoms with E-state index in [-0.39, 0.29) is 44.1 Å². The maximum Gasteiger partial charge on any atom is 0.407 e. The third-order valence-electron chi connectivity index (χ3n) is 15.9. The summed E-state index contributed by atoms with van der Waals surface area (Å²) in [6, 6.07) is 14.3. The monoisotopic (exact) mass is 1160 g/mol. The molecule has 19 atom stereocenters. The fraction of sp³-hybridized carbons (Fsp3) is 0.540. The Morgan fingerprint density at radius 3 is 1.81 bits per heavy atom. The van der Waals surface area contributed by atoms with Crippen LogP contribution in [0.3, 0.4) is 0 Å². The first kappa shape index (κ1) is 66.4. The number of carbonyl (C=O) groups excluding carboxylic acids is 2. The zero-order valence-corrected chi connectivity index (χ0v) is 47.7. The van der Waals surface area contributed by atoms with E-state index in [2.05, 4.69) is 5.32 Å². The number of amides is 1. The number of cyclic esters (lactones) is 1. The normalized spacial score (nSPS) is 38.6. The van der Waals surface area contributed by atoms with Crippen molar-refractivity contribution in [3.05, 3.63) is 145 Å². The molecule has 6 rings (SSSR count). The predicted octanol–water partition coefficient (Wildman–Crippen LogP) is 4.95. The molecule has 19 unspecified atom stereocenters. The molecule has 83 heavy (non-hydrogen) atoms. The minimum atomic E-state index is -1.86. The summed E-state index contributed by atoms with van der Waals surface area (Å²) in [6.07, 6.45) is 2.37. The molecule has 0 spiro atoms. The maximum atomic E-state index is 13.5. The van der Waals surface area contributed by atoms with Crippen LogP contribution in [0.5, 0.6) is 0 Å². The van der Waals surface area contributed by atoms with E-state index in [0.29, 0.717) is 0 Å². The summed E-state index contributed by atoms with van der Waals surface area (Å²) < 4.78 is 35.8. The van der Waals surface area contributed by atoms with Gasteiger partial charge in [0, 0.05) is 50.5 Å². The maximum absolute atomic E-state index is 13.5. The molecule has 2 bridgehead atoms. The zero-order chi connectivity index (χ0) is 60.4. The Morgan fingerprint density at radius 1 is 0.639 bits per heavy atom. The lowest BCUT2D eigenvalue weighted by Crippen LogP contribution is -2.64. The van der Waals surface area contributed by atoms with Crippen LogP contribution in [-0.4, -0.2) is 180 Å². The summed E-state index contributed by atoms with van der Waals surface area (Å²) >= 11 is 0. The molecule has 2 aromatic carbocycles. The number of aliphatic hydroxyl groups is 9. The van der Waals surface area contributed by atoms with Crippen molar-refractivity contribution < 1.29 is 93.9 Å². The van der Waals surface area contributed by atoms with Crippen molar-refractivity contribution >= 4 is 18.0 Å². The first-order valence-electron chi connectivity index (χ1n) is 28.5. The highest BCUT2D eigenvalue weighted by atomic mass is 16.7. The highest BCUT2D eigenvalue weighted by Crippen LogP contribution is 2.45. The van der Waals surface area contributed by atoms with Crippen LogP contribution in [-0.2, 0) is 38.0 Å². The van der Waals surface area contributed by atoms with E-state index >= 15 is 0 Å². The van der Waals surface area contributed by atoms with Crippen molar-refractivity contribution in [3.63, 3.8) is 0 Å². The average Bonchev–Trinajstić information content (AvgIpc) is 3.88. The quantitative estimate of drug-likeness (QED) is 0.164. The number of hydrogen-bond acceptors (Lipinski definition) is 18. The number of aliphatic carboxylic acids is 1. The predicted molar refractivity (Wildman–Crippen MR) is 306 cm³/mol. The highest BCUT2D eigenvalue weighted by molar-refractivity contribution is 5.79. The van der Waals surface area contributed by atoms with Crippen molar-refractivity contribution in [2.45, 2.75) is 182 Å². The van der Waals surface area contributed by atoms with Gasteiger partial charge in [-0.2, -0.15) is 0 Å². The van der Waals surface area contributed by atoms with Crippen LogP contribution in [0.25, 0.3) is 11.1 Å². The van der Waals surface area contributed by atoms with Crippen LogP contribution < -0.4 is 5.32 Å². The molecular weight excluding hydrogens is 1070 g/mol. The molecule has 11 N–H and O–H groups in total. The number of allylic oxidation sites excluding steroid dienone is 12. The van der Waals surface area contributed by atoms with Gasteiger partial charge >= 0.3 is 18.0 Å². The van der Waals surface area contributed by atoms with Gasteiger partial charge in [-0.15, -0.1) is 0 Å². The lowest BCUT2D eigenvalue weighted by Gasteiger charge is -2.47. The van der Waals surface area contributed by atoms with E-state index in [9.17, 15) is 65.4 Å². The van der Waals surface area contributed by atoms with Gasteiger partial charge in [0.1, 0.15) is 30.8 Å². The number of benzene rings is 2. The van der Waals surface area contributed by atoms with Crippen molar-refractivity contribution in [1.29, 1.82) is 0 Å². The Balaban J connectivity index is 1.21. The molecule has 2 fully saturated rings. The summed E-state index contributed by atoms with van der Waals surface area (Å²) in [5, 5.41) is 113. The molecule has 4 aliphatic rings. The van der Waals surface area contributed by atoms with Crippen molar-refractivity contribution in [1.82, 2.24) is 5.32 Å². The molecule has 20 nitrogen and oxygen atoms in total. The van der Waals surface area contributed by atoms with Gasteiger partial charge in [0.25, 0.3) is 0 Å². The molecule has 1 aliphatic carbocycles. The molecule has 3 heterocycles. The number of hydrogen-bond donors (Lipinski definition) is 11. The second-order valence-electron chi connectivity index (χ2n) is 22.2. The number of esters is 1. The Morgan fingerprint density at radius 2 is 1.22 bits per heavy atom. The number of alkyl carbamates (subject to hydrolysis) is 1. The number of fused-ring (bicyclic) bond motifs is 5. The Labute approximate surface area is 485 Å². The summed E-state index contributed by atoms with van der Waals surface area (Å²) in [6.45, 7) is 6.69. The van der Waals surface area contributed by atoms with Gasteiger partial charge < -0.3 is 84.8 Å². The van der Waals surface area contributed by atoms with E-state index in [4.69, 9.17) is 28.4 Å². The Kier molecular flexibility index (Phi) is 25.6. The van der Waals surface area contributed by atoms with Crippen molar-refractivity contribution in [2.24, 2.45) is 17.8 Å². The van der Waals surface area contributed by atoms with Crippen LogP contribution in [0.15, 0.2) is 134 Å². The molecule has 3 aliphatic heterocycles. The van der Waals surface area contributed by atoms with E-state index in [0.717, 1.165) is 22.3 Å². The first-order valence-corrected chi connectivity index (χ1v) is 28.5. The topological polar surface area (TPSA) is 321 Å². The largest absolute Gasteiger partial charge is 0.481 e. The Bertz CT molecular complexity index is 2570. The first-order chi connectivity index (χ1) is 39.6. The number of carboxylic acids is 1. The third-order valence-corrected chi connectivity index (χ3v) is 15.9. The summed E-state index contributed by atoms with van der Waals surface area (Å²) in [4.78, 5) is 39.2. The zero-order valence-electron chi connectivity index (χ0n) is 47.7. The molecule has 456 valence electrons. The third kappa shape index (κ3) is 18.9. The van der Waals surface area contributed by atoms with Gasteiger partial charge in [0.05, 0.1) is 73.5 Å². The highest BCUT2D eigenvalue weighted by Gasteiger charge is 2.52. The van der Waals surface area contributed by atoms with Gasteiger partial charge in [-0.05, 0) is 55.4 Å². The number of aliphatic hydroxyl groups excluding tert-OH is 9. The van der Waals surface area contributed by atoms with Crippen LogP contribution >= 0.6 is 0 Å². The van der Waals surface area contributed by atoms with Crippen LogP contribution in [0.1, 0.15) is 96.1 Å². The van der Waals surface area contributed by atoms with E-state index in [1.165, 1.54) is 20.1 Å². The number of carboxylic acid groups (broad SMARTS) is 1. The molecule has 2 aromatic rings. The SMILES string of the molecule is COC12CC(O)CC(O)C(O)CCC(O)CC(O)CC(=O)OC(C)C(C)C(O)C(C)/C=C/C=C/C=C/C=C/C=C/C=C/C=C/C(OC3OC(C)C(O)C(NC(=O)OCC4c5ccccc5-c5ccccc54)C3O)CC(O1)C(C(=O)O)C(O)C2. The number of carbonyl (C=O) groups is 3. The summed E-state index contributed by atoms with van der Waals surface area (Å²) in [7, 11) is 1.24. The minimum Gasteiger partial charge on any atom is -0.481 e. The second kappa shape index (κ2) is 32.0. The average molecular weight is 1160 g/mol. The van der Waals surface area contributed by atoms with Crippen LogP contribution in [0.4, 0.5) is 4.79 Å². The van der Waals surface area contributed by atoms with Crippen molar-refractivity contribution in [3.8, 4) is 11.1 Å². The molecule has 20 heteroatoms. The van der Waals surface area contributed by atoms with Gasteiger partial charge in [-0.25, -0.2) is 4.79 Å². The molecule has 0 saturated carbocycles. The lowest BCUT2D eigenvalue weighted by atomic mass is 9.82. The van der Waals surface area contributed by atoms with Gasteiger partial charge in [0.2, 0.25) is 0 Å². The minimum absolute atomic E-state index is 0.0457. The number of rotatable bonds is 7. The molecule has 2 saturated heterocycles. The van der Waals surface area contributed by atoms with Crippen molar-refractivity contribution in [2.75, 3.05) is 13.7 Å². The summed E-state index contributed by atoms with van der Waals surface area (Å²) in [5.74, 6) is -6.63. The number of methoxy groups -OCH3 is 1. The lowest BCUT2D eigenvalue weighted by molar-refractivity contribution is -0.317. The van der Waals surface area contributed by atoms with Gasteiger partial charge in [0.15, 0.2) is 12.1 Å². The Hall–Kier alpha value is -5.69. The summed E-state index contributed by atoms with van der Waals surface area (Å²) in [5.41, 5.74) is 4.02. The van der Waals surface area contributed by atoms with Gasteiger partial charge in [-0.3, -0.25) is 9.59 Å². The van der Waals surface area contributed by atoms with Crippen LogP contribution in [0.2, 0.25) is 0 Å². The molecule has 1 amide bonds. The van der Waals surface area contributed by atoms with Crippen LogP contribution in [0, 0.1) is 17.8 Å².